The average molecular weight is 512 g/mol. The summed E-state index contributed by atoms with van der Waals surface area (Å²) in [6.07, 6.45) is 5.74. The van der Waals surface area contributed by atoms with Crippen LogP contribution in [0, 0.1) is 0 Å². The number of carbonyl (C=O) groups excluding carboxylic acids is 1. The highest BCUT2D eigenvalue weighted by Crippen LogP contribution is 2.35. The number of halogens is 1. The summed E-state index contributed by atoms with van der Waals surface area (Å²) in [5, 5.41) is 21.0. The van der Waals surface area contributed by atoms with Crippen LogP contribution < -0.4 is 10.2 Å². The first kappa shape index (κ1) is 23.5. The fourth-order valence-electron chi connectivity index (χ4n) is 4.26. The third kappa shape index (κ3) is 5.13. The molecule has 0 saturated carbocycles. The molecule has 3 N–H and O–H groups in total. The van der Waals surface area contributed by atoms with Crippen LogP contribution >= 0.6 is 15.9 Å². The summed E-state index contributed by atoms with van der Waals surface area (Å²) >= 11 is 3.40. The van der Waals surface area contributed by atoms with E-state index in [1.807, 2.05) is 30.5 Å². The number of aliphatic hydroxyl groups is 1. The molecule has 1 amide bonds. The highest BCUT2D eigenvalue weighted by Gasteiger charge is 2.33. The van der Waals surface area contributed by atoms with E-state index in [1.54, 1.807) is 18.3 Å². The largest absolute Gasteiger partial charge is 0.376 e. The van der Waals surface area contributed by atoms with E-state index >= 15 is 0 Å². The van der Waals surface area contributed by atoms with E-state index in [9.17, 15) is 9.90 Å². The van der Waals surface area contributed by atoms with Gasteiger partial charge in [-0.25, -0.2) is 0 Å². The van der Waals surface area contributed by atoms with Crippen LogP contribution in [-0.2, 0) is 10.4 Å². The molecule has 1 aliphatic heterocycles. The number of nitrogens with one attached hydrogen (secondary N) is 2. The quantitative estimate of drug-likeness (QED) is 0.461. The smallest absolute Gasteiger partial charge is 0.260 e. The van der Waals surface area contributed by atoms with Gasteiger partial charge < -0.3 is 20.2 Å². The molecule has 3 aromatic rings. The summed E-state index contributed by atoms with van der Waals surface area (Å²) in [7, 11) is 4.24. The Bertz CT molecular complexity index is 1090. The number of piperidine rings is 1. The highest BCUT2D eigenvalue weighted by atomic mass is 79.9. The van der Waals surface area contributed by atoms with Gasteiger partial charge in [0.05, 0.1) is 17.6 Å². The van der Waals surface area contributed by atoms with E-state index in [0.29, 0.717) is 17.3 Å². The molecule has 1 atom stereocenters. The van der Waals surface area contributed by atoms with Gasteiger partial charge in [-0.1, -0.05) is 34.1 Å². The van der Waals surface area contributed by atoms with Crippen LogP contribution in [-0.4, -0.2) is 59.3 Å². The SMILES string of the molecule is CN(C)C1CCN(c2cc(-c3cn[nH]c3)ccc2NC(=O)[C@](C)(O)c2ccc(Br)cc2)CC1. The Labute approximate surface area is 202 Å². The number of anilines is 2. The van der Waals surface area contributed by atoms with Crippen molar-refractivity contribution in [1.29, 1.82) is 0 Å². The number of rotatable bonds is 6. The Balaban J connectivity index is 1.63. The number of nitrogens with zero attached hydrogens (tertiary/aromatic N) is 3. The van der Waals surface area contributed by atoms with Crippen molar-refractivity contribution in [3.05, 3.63) is 64.9 Å². The monoisotopic (exact) mass is 511 g/mol. The van der Waals surface area contributed by atoms with Crippen molar-refractivity contribution in [1.82, 2.24) is 15.1 Å². The van der Waals surface area contributed by atoms with Gasteiger partial charge in [-0.05, 0) is 69.3 Å². The maximum absolute atomic E-state index is 13.2. The average Bonchev–Trinajstić information content (AvgIpc) is 3.34. The van der Waals surface area contributed by atoms with Crippen molar-refractivity contribution in [2.75, 3.05) is 37.4 Å². The Hall–Kier alpha value is -2.68. The lowest BCUT2D eigenvalue weighted by Gasteiger charge is -2.37. The highest BCUT2D eigenvalue weighted by molar-refractivity contribution is 9.10. The van der Waals surface area contributed by atoms with E-state index in [2.05, 4.69) is 61.4 Å². The summed E-state index contributed by atoms with van der Waals surface area (Å²) in [6.45, 7) is 3.31. The van der Waals surface area contributed by atoms with Crippen LogP contribution in [0.15, 0.2) is 59.3 Å². The molecular weight excluding hydrogens is 482 g/mol. The maximum atomic E-state index is 13.2. The summed E-state index contributed by atoms with van der Waals surface area (Å²) in [5.74, 6) is -0.467. The van der Waals surface area contributed by atoms with Crippen molar-refractivity contribution < 1.29 is 9.90 Å². The second-order valence-corrected chi connectivity index (χ2v) is 9.85. The van der Waals surface area contributed by atoms with Gasteiger partial charge in [-0.3, -0.25) is 9.89 Å². The zero-order valence-electron chi connectivity index (χ0n) is 19.2. The molecule has 33 heavy (non-hydrogen) atoms. The predicted molar refractivity (Wildman–Crippen MR) is 135 cm³/mol. The van der Waals surface area contributed by atoms with Crippen molar-refractivity contribution in [3.63, 3.8) is 0 Å². The molecular formula is C25H30BrN5O2. The minimum atomic E-state index is -1.67. The number of aromatic amines is 1. The van der Waals surface area contributed by atoms with Gasteiger partial charge in [0, 0.05) is 35.4 Å². The van der Waals surface area contributed by atoms with E-state index in [1.165, 1.54) is 6.92 Å². The molecule has 4 rings (SSSR count). The van der Waals surface area contributed by atoms with Crippen molar-refractivity contribution in [2.24, 2.45) is 0 Å². The summed E-state index contributed by atoms with van der Waals surface area (Å²) < 4.78 is 0.890. The third-order valence-electron chi connectivity index (χ3n) is 6.46. The second-order valence-electron chi connectivity index (χ2n) is 8.93. The minimum Gasteiger partial charge on any atom is -0.376 e. The number of amides is 1. The minimum absolute atomic E-state index is 0.467. The summed E-state index contributed by atoms with van der Waals surface area (Å²) in [5.41, 5.74) is 2.51. The van der Waals surface area contributed by atoms with Crippen LogP contribution in [0.1, 0.15) is 25.3 Å². The fourth-order valence-corrected chi connectivity index (χ4v) is 4.52. The first-order valence-corrected chi connectivity index (χ1v) is 11.9. The lowest BCUT2D eigenvalue weighted by atomic mass is 9.95. The number of hydrogen-bond acceptors (Lipinski definition) is 5. The normalized spacial score (nSPS) is 16.6. The predicted octanol–water partition coefficient (Wildman–Crippen LogP) is 4.22. The molecule has 1 fully saturated rings. The zero-order valence-corrected chi connectivity index (χ0v) is 20.8. The Morgan fingerprint density at radius 1 is 1.18 bits per heavy atom. The van der Waals surface area contributed by atoms with Crippen LogP contribution in [0.3, 0.4) is 0 Å². The molecule has 2 aromatic carbocycles. The molecule has 174 valence electrons. The van der Waals surface area contributed by atoms with Gasteiger partial charge >= 0.3 is 0 Å². The molecule has 1 saturated heterocycles. The van der Waals surface area contributed by atoms with Crippen molar-refractivity contribution in [3.8, 4) is 11.1 Å². The Morgan fingerprint density at radius 2 is 1.88 bits per heavy atom. The Kier molecular flexibility index (Phi) is 6.88. The summed E-state index contributed by atoms with van der Waals surface area (Å²) in [6, 6.07) is 13.6. The van der Waals surface area contributed by atoms with Crippen LogP contribution in [0.25, 0.3) is 11.1 Å². The van der Waals surface area contributed by atoms with Gasteiger partial charge in [0.15, 0.2) is 5.60 Å². The topological polar surface area (TPSA) is 84.5 Å². The van der Waals surface area contributed by atoms with Crippen molar-refractivity contribution in [2.45, 2.75) is 31.4 Å². The fraction of sp³-hybridized carbons (Fsp3) is 0.360. The molecule has 0 bridgehead atoms. The zero-order chi connectivity index (χ0) is 23.6. The maximum Gasteiger partial charge on any atom is 0.260 e. The van der Waals surface area contributed by atoms with Gasteiger partial charge in [0.1, 0.15) is 0 Å². The van der Waals surface area contributed by atoms with E-state index < -0.39 is 11.5 Å². The van der Waals surface area contributed by atoms with Crippen molar-refractivity contribution >= 4 is 33.2 Å². The molecule has 0 aliphatic carbocycles. The molecule has 7 nitrogen and oxygen atoms in total. The lowest BCUT2D eigenvalue weighted by molar-refractivity contribution is -0.133. The summed E-state index contributed by atoms with van der Waals surface area (Å²) in [4.78, 5) is 17.8. The first-order chi connectivity index (χ1) is 15.8. The molecule has 1 aromatic heterocycles. The molecule has 2 heterocycles. The third-order valence-corrected chi connectivity index (χ3v) is 6.99. The van der Waals surface area contributed by atoms with Gasteiger partial charge in [-0.15, -0.1) is 0 Å². The molecule has 0 spiro atoms. The number of benzene rings is 2. The van der Waals surface area contributed by atoms with E-state index in [-0.39, 0.29) is 0 Å². The first-order valence-electron chi connectivity index (χ1n) is 11.1. The van der Waals surface area contributed by atoms with E-state index in [0.717, 1.165) is 47.2 Å². The molecule has 1 aliphatic rings. The standard InChI is InChI=1S/C25H30BrN5O2/c1-25(33,19-5-7-20(26)8-6-19)24(32)29-22-9-4-17(18-15-27-28-16-18)14-23(22)31-12-10-21(11-13-31)30(2)3/h4-9,14-16,21,33H,10-13H2,1-3H3,(H,27,28)(H,29,32)/t25-/m1/s1. The Morgan fingerprint density at radius 3 is 2.48 bits per heavy atom. The molecule has 0 radical (unpaired) electrons. The van der Waals surface area contributed by atoms with Crippen LogP contribution in [0.2, 0.25) is 0 Å². The van der Waals surface area contributed by atoms with E-state index in [4.69, 9.17) is 0 Å². The number of H-pyrrole nitrogens is 1. The molecule has 0 unspecified atom stereocenters. The molecule has 8 heteroatoms. The lowest BCUT2D eigenvalue weighted by Crippen LogP contribution is -2.42. The van der Waals surface area contributed by atoms with Crippen LogP contribution in [0.5, 0.6) is 0 Å². The van der Waals surface area contributed by atoms with Gasteiger partial charge in [0.2, 0.25) is 0 Å². The number of carbonyl (C=O) groups is 1. The number of aromatic nitrogens is 2. The van der Waals surface area contributed by atoms with Crippen LogP contribution in [0.4, 0.5) is 11.4 Å². The second kappa shape index (κ2) is 9.67. The number of hydrogen-bond donors (Lipinski definition) is 3. The van der Waals surface area contributed by atoms with Gasteiger partial charge in [0.25, 0.3) is 5.91 Å². The van der Waals surface area contributed by atoms with Gasteiger partial charge in [-0.2, -0.15) is 5.10 Å².